The predicted molar refractivity (Wildman–Crippen MR) is 94.8 cm³/mol. The van der Waals surface area contributed by atoms with Gasteiger partial charge < -0.3 is 10.6 Å². The first-order valence-electron chi connectivity index (χ1n) is 7.37. The third-order valence-corrected chi connectivity index (χ3v) is 5.33. The number of aryl methyl sites for hydroxylation is 4. The zero-order valence-electron chi connectivity index (χ0n) is 13.8. The second-order valence-corrected chi connectivity index (χ2v) is 7.61. The van der Waals surface area contributed by atoms with Crippen molar-refractivity contribution in [2.75, 3.05) is 6.54 Å². The van der Waals surface area contributed by atoms with Gasteiger partial charge in [0.25, 0.3) is 0 Å². The van der Waals surface area contributed by atoms with Gasteiger partial charge in [-0.3, -0.25) is 0 Å². The average Bonchev–Trinajstić information content (AvgIpc) is 2.95. The summed E-state index contributed by atoms with van der Waals surface area (Å²) in [4.78, 5) is 16.1. The summed E-state index contributed by atoms with van der Waals surface area (Å²) in [6.45, 7) is 12.5. The molecule has 2 aromatic rings. The van der Waals surface area contributed by atoms with Gasteiger partial charge in [-0.25, -0.2) is 15.0 Å². The van der Waals surface area contributed by atoms with Crippen molar-refractivity contribution in [3.05, 3.63) is 31.2 Å². The molecule has 0 aliphatic rings. The molecule has 0 aliphatic carbocycles. The molecular weight excluding hydrogens is 314 g/mol. The van der Waals surface area contributed by atoms with Gasteiger partial charge in [0.15, 0.2) is 5.96 Å². The van der Waals surface area contributed by atoms with Crippen molar-refractivity contribution in [2.24, 2.45) is 4.99 Å². The van der Waals surface area contributed by atoms with E-state index in [9.17, 15) is 0 Å². The molecular formula is C15H23N5S2. The fourth-order valence-electron chi connectivity index (χ4n) is 1.99. The van der Waals surface area contributed by atoms with Crippen molar-refractivity contribution in [1.29, 1.82) is 0 Å². The summed E-state index contributed by atoms with van der Waals surface area (Å²) in [7, 11) is 0. The Labute approximate surface area is 139 Å². The molecule has 2 N–H and O–H groups in total. The van der Waals surface area contributed by atoms with Gasteiger partial charge in [-0.15, -0.1) is 22.7 Å². The fourth-order valence-corrected chi connectivity index (χ4v) is 3.72. The number of hydrogen-bond acceptors (Lipinski definition) is 5. The number of nitrogens with one attached hydrogen (secondary N) is 2. The number of rotatable bonds is 5. The van der Waals surface area contributed by atoms with Crippen LogP contribution in [-0.2, 0) is 13.1 Å². The van der Waals surface area contributed by atoms with Crippen molar-refractivity contribution in [2.45, 2.75) is 47.7 Å². The molecule has 0 atom stereocenters. The molecule has 7 heteroatoms. The highest BCUT2D eigenvalue weighted by Crippen LogP contribution is 2.18. The Bertz CT molecular complexity index is 637. The molecule has 0 aromatic carbocycles. The van der Waals surface area contributed by atoms with Crippen LogP contribution < -0.4 is 10.6 Å². The van der Waals surface area contributed by atoms with Gasteiger partial charge in [-0.1, -0.05) is 0 Å². The molecule has 22 heavy (non-hydrogen) atoms. The smallest absolute Gasteiger partial charge is 0.191 e. The van der Waals surface area contributed by atoms with Crippen LogP contribution >= 0.6 is 22.7 Å². The molecule has 5 nitrogen and oxygen atoms in total. The normalized spacial score (nSPS) is 11.8. The molecule has 0 amide bonds. The molecule has 0 saturated heterocycles. The van der Waals surface area contributed by atoms with Crippen LogP contribution in [0.1, 0.15) is 38.1 Å². The van der Waals surface area contributed by atoms with Gasteiger partial charge in [0, 0.05) is 16.3 Å². The maximum atomic E-state index is 4.64. The lowest BCUT2D eigenvalue weighted by atomic mass is 10.4. The van der Waals surface area contributed by atoms with Crippen molar-refractivity contribution in [1.82, 2.24) is 20.6 Å². The summed E-state index contributed by atoms with van der Waals surface area (Å²) in [5.41, 5.74) is 2.19. The number of nitrogens with zero attached hydrogens (tertiary/aromatic N) is 3. The Morgan fingerprint density at radius 2 is 1.82 bits per heavy atom. The van der Waals surface area contributed by atoms with Gasteiger partial charge in [-0.2, -0.15) is 0 Å². The van der Waals surface area contributed by atoms with Crippen LogP contribution in [-0.4, -0.2) is 22.5 Å². The Morgan fingerprint density at radius 3 is 2.36 bits per heavy atom. The van der Waals surface area contributed by atoms with Crippen molar-refractivity contribution < 1.29 is 0 Å². The predicted octanol–water partition coefficient (Wildman–Crippen LogP) is 3.09. The van der Waals surface area contributed by atoms with Gasteiger partial charge in [0.1, 0.15) is 5.01 Å². The van der Waals surface area contributed by atoms with E-state index >= 15 is 0 Å². The van der Waals surface area contributed by atoms with Crippen molar-refractivity contribution in [3.8, 4) is 0 Å². The summed E-state index contributed by atoms with van der Waals surface area (Å²) >= 11 is 3.44. The van der Waals surface area contributed by atoms with Gasteiger partial charge in [-0.05, 0) is 34.6 Å². The minimum Gasteiger partial charge on any atom is -0.357 e. The maximum absolute atomic E-state index is 4.64. The lowest BCUT2D eigenvalue weighted by Gasteiger charge is -2.09. The topological polar surface area (TPSA) is 62.2 Å². The third-order valence-electron chi connectivity index (χ3n) is 3.20. The van der Waals surface area contributed by atoms with Crippen LogP contribution in [0.2, 0.25) is 0 Å². The molecule has 120 valence electrons. The number of guanidine groups is 1. The van der Waals surface area contributed by atoms with Crippen molar-refractivity contribution in [3.63, 3.8) is 0 Å². The Morgan fingerprint density at radius 1 is 1.05 bits per heavy atom. The van der Waals surface area contributed by atoms with E-state index in [0.717, 1.165) is 33.9 Å². The SMILES string of the molecule is CCNC(=NCc1sc(C)nc1C)NCc1nc(C)c(C)s1. The summed E-state index contributed by atoms with van der Waals surface area (Å²) in [5, 5.41) is 8.80. The van der Waals surface area contributed by atoms with Gasteiger partial charge in [0.2, 0.25) is 0 Å². The standard InChI is InChI=1S/C15H23N5S2/c1-6-16-15(17-7-13-10(3)19-12(5)22-13)18-8-14-20-9(2)11(4)21-14/h6-8H2,1-5H3,(H2,16,17,18). The highest BCUT2D eigenvalue weighted by molar-refractivity contribution is 7.11. The molecule has 0 fully saturated rings. The van der Waals surface area contributed by atoms with E-state index in [0.29, 0.717) is 13.1 Å². The van der Waals surface area contributed by atoms with Crippen LogP contribution in [0.3, 0.4) is 0 Å². The first-order valence-corrected chi connectivity index (χ1v) is 9.01. The maximum Gasteiger partial charge on any atom is 0.191 e. The summed E-state index contributed by atoms with van der Waals surface area (Å²) in [6, 6.07) is 0. The molecule has 0 saturated carbocycles. The quantitative estimate of drug-likeness (QED) is 0.650. The Kier molecular flexibility index (Phi) is 5.90. The number of aromatic nitrogens is 2. The molecule has 0 radical (unpaired) electrons. The Balaban J connectivity index is 1.99. The lowest BCUT2D eigenvalue weighted by molar-refractivity contribution is 0.810. The first-order chi connectivity index (χ1) is 10.5. The van der Waals surface area contributed by atoms with E-state index in [4.69, 9.17) is 0 Å². The van der Waals surface area contributed by atoms with Crippen LogP contribution in [0.5, 0.6) is 0 Å². The summed E-state index contributed by atoms with van der Waals surface area (Å²) < 4.78 is 0. The lowest BCUT2D eigenvalue weighted by Crippen LogP contribution is -2.36. The fraction of sp³-hybridized carbons (Fsp3) is 0.533. The number of aliphatic imine (C=N–C) groups is 1. The highest BCUT2D eigenvalue weighted by atomic mass is 32.1. The molecule has 2 heterocycles. The first kappa shape index (κ1) is 16.9. The van der Waals surface area contributed by atoms with E-state index in [1.54, 1.807) is 22.7 Å². The molecule has 0 aliphatic heterocycles. The largest absolute Gasteiger partial charge is 0.357 e. The third kappa shape index (κ3) is 4.51. The minimum absolute atomic E-state index is 0.655. The molecule has 0 unspecified atom stereocenters. The van der Waals surface area contributed by atoms with E-state index in [-0.39, 0.29) is 0 Å². The average molecular weight is 338 g/mol. The van der Waals surface area contributed by atoms with E-state index in [1.807, 2.05) is 20.8 Å². The Hall–Kier alpha value is -1.47. The minimum atomic E-state index is 0.655. The van der Waals surface area contributed by atoms with E-state index < -0.39 is 0 Å². The van der Waals surface area contributed by atoms with E-state index in [1.165, 1.54) is 9.75 Å². The van der Waals surface area contributed by atoms with Crippen molar-refractivity contribution >= 4 is 28.6 Å². The number of hydrogen-bond donors (Lipinski definition) is 2. The summed E-state index contributed by atoms with van der Waals surface area (Å²) in [5.74, 6) is 0.818. The monoisotopic (exact) mass is 337 g/mol. The zero-order valence-corrected chi connectivity index (χ0v) is 15.4. The van der Waals surface area contributed by atoms with Crippen LogP contribution in [0.15, 0.2) is 4.99 Å². The molecule has 2 rings (SSSR count). The number of thiazole rings is 2. The van der Waals surface area contributed by atoms with E-state index in [2.05, 4.69) is 39.4 Å². The summed E-state index contributed by atoms with van der Waals surface area (Å²) in [6.07, 6.45) is 0. The van der Waals surface area contributed by atoms with Crippen LogP contribution in [0, 0.1) is 27.7 Å². The highest BCUT2D eigenvalue weighted by Gasteiger charge is 2.07. The zero-order chi connectivity index (χ0) is 16.1. The van der Waals surface area contributed by atoms with Gasteiger partial charge in [0.05, 0.1) is 29.5 Å². The second-order valence-electron chi connectivity index (χ2n) is 5.04. The molecule has 0 bridgehead atoms. The molecule has 0 spiro atoms. The van der Waals surface area contributed by atoms with Crippen LogP contribution in [0.25, 0.3) is 0 Å². The second kappa shape index (κ2) is 7.69. The van der Waals surface area contributed by atoms with Crippen LogP contribution in [0.4, 0.5) is 0 Å². The van der Waals surface area contributed by atoms with Gasteiger partial charge >= 0.3 is 0 Å². The molecule has 2 aromatic heterocycles.